The summed E-state index contributed by atoms with van der Waals surface area (Å²) in [6.07, 6.45) is 0.549. The molecule has 4 aromatic rings. The molecule has 0 saturated carbocycles. The quantitative estimate of drug-likeness (QED) is 0.363. The van der Waals surface area contributed by atoms with Crippen molar-refractivity contribution < 1.29 is 27.8 Å². The molecule has 7 nitrogen and oxygen atoms in total. The molecule has 0 saturated heterocycles. The number of hydrogen-bond acceptors (Lipinski definition) is 6. The zero-order valence-electron chi connectivity index (χ0n) is 19.8. The molecule has 0 fully saturated rings. The van der Waals surface area contributed by atoms with Crippen molar-refractivity contribution in [3.63, 3.8) is 0 Å². The van der Waals surface area contributed by atoms with E-state index in [9.17, 15) is 14.0 Å². The summed E-state index contributed by atoms with van der Waals surface area (Å²) < 4.78 is 35.7. The van der Waals surface area contributed by atoms with E-state index in [4.69, 9.17) is 18.6 Å². The smallest absolute Gasteiger partial charge is 0.349 e. The number of benzene rings is 3. The third-order valence-corrected chi connectivity index (χ3v) is 6.36. The summed E-state index contributed by atoms with van der Waals surface area (Å²) in [7, 11) is 3.11. The molecule has 0 radical (unpaired) electrons. The van der Waals surface area contributed by atoms with Gasteiger partial charge >= 0.3 is 5.63 Å². The number of carbonyl (C=O) groups excluding carboxylic acids is 1. The summed E-state index contributed by atoms with van der Waals surface area (Å²) in [4.78, 5) is 28.1. The van der Waals surface area contributed by atoms with Crippen LogP contribution < -0.4 is 19.8 Å². The molecule has 1 aliphatic rings. The van der Waals surface area contributed by atoms with Crippen LogP contribution in [0.15, 0.2) is 75.9 Å². The van der Waals surface area contributed by atoms with E-state index in [-0.39, 0.29) is 18.0 Å². The Labute approximate surface area is 206 Å². The molecule has 1 atom stereocenters. The van der Waals surface area contributed by atoms with Gasteiger partial charge in [-0.25, -0.2) is 9.18 Å². The number of rotatable bonds is 6. The van der Waals surface area contributed by atoms with Gasteiger partial charge in [0.25, 0.3) is 5.91 Å². The van der Waals surface area contributed by atoms with Crippen LogP contribution in [0.3, 0.4) is 0 Å². The van der Waals surface area contributed by atoms with Crippen LogP contribution in [-0.4, -0.2) is 38.2 Å². The second kappa shape index (κ2) is 9.73. The first-order valence-corrected chi connectivity index (χ1v) is 11.5. The van der Waals surface area contributed by atoms with Crippen molar-refractivity contribution in [1.82, 2.24) is 4.90 Å². The number of ether oxygens (including phenoxy) is 3. The number of methoxy groups -OCH3 is 2. The van der Waals surface area contributed by atoms with Gasteiger partial charge in [-0.05, 0) is 66.1 Å². The van der Waals surface area contributed by atoms with Crippen molar-refractivity contribution in [2.45, 2.75) is 12.5 Å². The molecule has 2 heterocycles. The molecule has 0 aliphatic carbocycles. The minimum atomic E-state index is -0.699. The van der Waals surface area contributed by atoms with Crippen molar-refractivity contribution in [2.24, 2.45) is 0 Å². The zero-order valence-corrected chi connectivity index (χ0v) is 19.8. The third kappa shape index (κ3) is 4.37. The number of para-hydroxylation sites is 1. The average molecular weight is 489 g/mol. The van der Waals surface area contributed by atoms with Crippen LogP contribution >= 0.6 is 0 Å². The number of hydrogen-bond donors (Lipinski definition) is 0. The molecule has 0 spiro atoms. The molecule has 8 heteroatoms. The lowest BCUT2D eigenvalue weighted by Gasteiger charge is -2.37. The predicted octanol–water partition coefficient (Wildman–Crippen LogP) is 4.77. The van der Waals surface area contributed by atoms with E-state index >= 15 is 0 Å². The van der Waals surface area contributed by atoms with Crippen LogP contribution in [0.1, 0.15) is 27.5 Å². The largest absolute Gasteiger partial charge is 0.493 e. The summed E-state index contributed by atoms with van der Waals surface area (Å²) in [6, 6.07) is 17.4. The van der Waals surface area contributed by atoms with Gasteiger partial charge in [0.2, 0.25) is 0 Å². The van der Waals surface area contributed by atoms with Gasteiger partial charge in [-0.3, -0.25) is 4.79 Å². The number of fused-ring (bicyclic) bond motifs is 2. The van der Waals surface area contributed by atoms with Crippen LogP contribution in [0.25, 0.3) is 11.0 Å². The fourth-order valence-electron chi connectivity index (χ4n) is 4.52. The average Bonchev–Trinajstić information content (AvgIpc) is 2.90. The molecule has 1 unspecified atom stereocenters. The lowest BCUT2D eigenvalue weighted by Crippen LogP contribution is -2.44. The van der Waals surface area contributed by atoms with E-state index in [1.165, 1.54) is 24.3 Å². The van der Waals surface area contributed by atoms with Crippen molar-refractivity contribution in [3.05, 3.63) is 99.7 Å². The summed E-state index contributed by atoms with van der Waals surface area (Å²) in [5, 5.41) is 0.656. The van der Waals surface area contributed by atoms with Gasteiger partial charge in [-0.2, -0.15) is 0 Å². The normalized spacial score (nSPS) is 14.9. The van der Waals surface area contributed by atoms with E-state index in [1.807, 2.05) is 18.2 Å². The minimum Gasteiger partial charge on any atom is -0.493 e. The maximum absolute atomic E-state index is 13.7. The maximum Gasteiger partial charge on any atom is 0.349 e. The topological polar surface area (TPSA) is 78.2 Å². The molecule has 1 amide bonds. The van der Waals surface area contributed by atoms with E-state index in [2.05, 4.69) is 0 Å². The van der Waals surface area contributed by atoms with Crippen LogP contribution in [0.5, 0.6) is 17.2 Å². The highest BCUT2D eigenvalue weighted by molar-refractivity contribution is 5.97. The lowest BCUT2D eigenvalue weighted by atomic mass is 9.91. The van der Waals surface area contributed by atoms with Crippen molar-refractivity contribution >= 4 is 16.9 Å². The SMILES string of the molecule is COc1cc2c(cc1OC)C(COc1ccc(F)cc1)N(C(=O)c1cc3ccccc3oc1=O)CC2. The monoisotopic (exact) mass is 489 g/mol. The van der Waals surface area contributed by atoms with Crippen molar-refractivity contribution in [2.75, 3.05) is 27.4 Å². The number of amides is 1. The van der Waals surface area contributed by atoms with Gasteiger partial charge < -0.3 is 23.5 Å². The van der Waals surface area contributed by atoms with Gasteiger partial charge in [0.1, 0.15) is 29.3 Å². The van der Waals surface area contributed by atoms with Crippen molar-refractivity contribution in [1.29, 1.82) is 0 Å². The minimum absolute atomic E-state index is 0.0515. The molecule has 5 rings (SSSR count). The molecule has 184 valence electrons. The second-order valence-electron chi connectivity index (χ2n) is 8.42. The Balaban J connectivity index is 1.55. The van der Waals surface area contributed by atoms with Gasteiger partial charge in [0.05, 0.1) is 20.3 Å². The van der Waals surface area contributed by atoms with Gasteiger partial charge in [0, 0.05) is 11.9 Å². The van der Waals surface area contributed by atoms with Gasteiger partial charge in [0.15, 0.2) is 11.5 Å². The van der Waals surface area contributed by atoms with Gasteiger partial charge in [-0.15, -0.1) is 0 Å². The van der Waals surface area contributed by atoms with Gasteiger partial charge in [-0.1, -0.05) is 18.2 Å². The fourth-order valence-corrected chi connectivity index (χ4v) is 4.52. The zero-order chi connectivity index (χ0) is 25.2. The predicted molar refractivity (Wildman–Crippen MR) is 131 cm³/mol. The Morgan fingerprint density at radius 3 is 2.50 bits per heavy atom. The highest BCUT2D eigenvalue weighted by Crippen LogP contribution is 2.39. The molecule has 3 aromatic carbocycles. The van der Waals surface area contributed by atoms with E-state index < -0.39 is 17.6 Å². The fraction of sp³-hybridized carbons (Fsp3) is 0.214. The molecular formula is C28H24FNO6. The second-order valence-corrected chi connectivity index (χ2v) is 8.42. The summed E-state index contributed by atoms with van der Waals surface area (Å²) >= 11 is 0. The highest BCUT2D eigenvalue weighted by Gasteiger charge is 2.34. The molecule has 0 bridgehead atoms. The maximum atomic E-state index is 13.7. The van der Waals surface area contributed by atoms with Crippen LogP contribution in [-0.2, 0) is 6.42 Å². The standard InChI is InChI=1S/C28H24FNO6/c1-33-25-14-17-11-12-30(27(31)22-13-18-5-3-4-6-24(18)36-28(22)32)23(21(17)15-26(25)34-2)16-35-20-9-7-19(29)8-10-20/h3-10,13-15,23H,11-12,16H2,1-2H3. The van der Waals surface area contributed by atoms with Crippen molar-refractivity contribution in [3.8, 4) is 17.2 Å². The Morgan fingerprint density at radius 2 is 1.75 bits per heavy atom. The van der Waals surface area contributed by atoms with Crippen LogP contribution in [0.2, 0.25) is 0 Å². The summed E-state index contributed by atoms with van der Waals surface area (Å²) in [5.41, 5.74) is 1.46. The number of carbonyl (C=O) groups is 1. The Hall–Kier alpha value is -4.33. The Morgan fingerprint density at radius 1 is 1.03 bits per heavy atom. The highest BCUT2D eigenvalue weighted by atomic mass is 19.1. The van der Waals surface area contributed by atoms with Crippen LogP contribution in [0, 0.1) is 5.82 Å². The Kier molecular flexibility index (Phi) is 6.33. The Bertz CT molecular complexity index is 1480. The van der Waals surface area contributed by atoms with E-state index in [1.54, 1.807) is 43.4 Å². The third-order valence-electron chi connectivity index (χ3n) is 6.36. The van der Waals surface area contributed by atoms with Crippen LogP contribution in [0.4, 0.5) is 4.39 Å². The number of halogens is 1. The number of nitrogens with zero attached hydrogens (tertiary/aromatic N) is 1. The lowest BCUT2D eigenvalue weighted by molar-refractivity contribution is 0.0585. The first-order valence-electron chi connectivity index (χ1n) is 11.5. The first-order chi connectivity index (χ1) is 17.5. The molecule has 1 aromatic heterocycles. The first kappa shape index (κ1) is 23.4. The molecule has 0 N–H and O–H groups in total. The summed E-state index contributed by atoms with van der Waals surface area (Å²) in [6.45, 7) is 0.434. The molecule has 36 heavy (non-hydrogen) atoms. The van der Waals surface area contributed by atoms with E-state index in [0.717, 1.165) is 11.1 Å². The summed E-state index contributed by atoms with van der Waals surface area (Å²) in [5.74, 6) is 0.734. The molecule has 1 aliphatic heterocycles. The van der Waals surface area contributed by atoms with E-state index in [0.29, 0.717) is 41.2 Å². The molecular weight excluding hydrogens is 465 g/mol.